The summed E-state index contributed by atoms with van der Waals surface area (Å²) in [5.74, 6) is 1.55. The van der Waals surface area contributed by atoms with E-state index in [1.54, 1.807) is 0 Å². The van der Waals surface area contributed by atoms with Crippen molar-refractivity contribution < 1.29 is 0 Å². The first kappa shape index (κ1) is 31.8. The molecule has 4 aromatic carbocycles. The number of hydrogen-bond donors (Lipinski definition) is 0. The molecule has 53 heavy (non-hydrogen) atoms. The Labute approximate surface area is 313 Å². The van der Waals surface area contributed by atoms with Gasteiger partial charge in [0.2, 0.25) is 0 Å². The molecule has 2 heterocycles. The van der Waals surface area contributed by atoms with Crippen molar-refractivity contribution in [2.45, 2.75) is 43.6 Å². The van der Waals surface area contributed by atoms with Gasteiger partial charge in [0.1, 0.15) is 0 Å². The zero-order chi connectivity index (χ0) is 35.5. The molecule has 1 aromatic heterocycles. The summed E-state index contributed by atoms with van der Waals surface area (Å²) in [5.41, 5.74) is 14.2. The van der Waals surface area contributed by atoms with Crippen molar-refractivity contribution in [1.29, 1.82) is 0 Å². The average Bonchev–Trinajstić information content (AvgIpc) is 3.67. The van der Waals surface area contributed by atoms with E-state index in [2.05, 4.69) is 193 Å². The maximum absolute atomic E-state index is 4.36. The van der Waals surface area contributed by atoms with Crippen molar-refractivity contribution in [2.75, 3.05) is 9.80 Å². The maximum atomic E-state index is 4.36. The molecule has 258 valence electrons. The second-order valence-electron chi connectivity index (χ2n) is 15.6. The van der Waals surface area contributed by atoms with Gasteiger partial charge in [0.25, 0.3) is 0 Å². The lowest BCUT2D eigenvalue weighted by Crippen LogP contribution is -2.29. The predicted molar refractivity (Wildman–Crippen MR) is 220 cm³/mol. The van der Waals surface area contributed by atoms with E-state index in [4.69, 9.17) is 0 Å². The highest BCUT2D eigenvalue weighted by Crippen LogP contribution is 2.54. The van der Waals surface area contributed by atoms with Crippen LogP contribution in [0.15, 0.2) is 194 Å². The minimum absolute atomic E-state index is 0.0432. The largest absolute Gasteiger partial charge is 0.333 e. The fourth-order valence-corrected chi connectivity index (χ4v) is 9.62. The van der Waals surface area contributed by atoms with Gasteiger partial charge in [0, 0.05) is 58.6 Å². The van der Waals surface area contributed by atoms with E-state index in [9.17, 15) is 0 Å². The van der Waals surface area contributed by atoms with Crippen LogP contribution >= 0.6 is 0 Å². The molecule has 0 saturated carbocycles. The van der Waals surface area contributed by atoms with E-state index in [0.29, 0.717) is 23.7 Å². The molecule has 0 radical (unpaired) electrons. The van der Waals surface area contributed by atoms with E-state index in [-0.39, 0.29) is 11.5 Å². The number of pyridine rings is 1. The van der Waals surface area contributed by atoms with Crippen LogP contribution in [-0.4, -0.2) is 11.0 Å². The van der Waals surface area contributed by atoms with Crippen LogP contribution in [-0.2, 0) is 5.41 Å². The van der Waals surface area contributed by atoms with Crippen molar-refractivity contribution in [3.8, 4) is 11.1 Å². The summed E-state index contributed by atoms with van der Waals surface area (Å²) < 4.78 is 0. The minimum atomic E-state index is 0.0432. The van der Waals surface area contributed by atoms with Gasteiger partial charge in [-0.3, -0.25) is 4.98 Å². The molecule has 4 aliphatic carbocycles. The van der Waals surface area contributed by atoms with Crippen molar-refractivity contribution in [2.24, 2.45) is 11.8 Å². The Morgan fingerprint density at radius 1 is 0.698 bits per heavy atom. The first-order chi connectivity index (χ1) is 26.0. The number of allylic oxidation sites excluding steroid dienone is 9. The zero-order valence-corrected chi connectivity index (χ0v) is 30.3. The van der Waals surface area contributed by atoms with Gasteiger partial charge in [-0.25, -0.2) is 0 Å². The molecule has 4 unspecified atom stereocenters. The number of aromatic nitrogens is 1. The second kappa shape index (κ2) is 12.6. The Morgan fingerprint density at radius 3 is 2.32 bits per heavy atom. The molecule has 0 fully saturated rings. The summed E-state index contributed by atoms with van der Waals surface area (Å²) in [6.45, 7) is 4.83. The van der Waals surface area contributed by atoms with Gasteiger partial charge in [0.05, 0.1) is 6.04 Å². The second-order valence-corrected chi connectivity index (χ2v) is 15.6. The van der Waals surface area contributed by atoms with Gasteiger partial charge in [-0.15, -0.1) is 0 Å². The standard InChI is InChI=1S/C50H43N3/c1-50(2)46-16-8-6-14-42(46)43-28-27-41(32-47(43)50)52(40-25-20-35(21-26-40)37-11-10-30-51-33-37)39-23-18-34(19-24-39)36-22-29-49-45(31-36)44-15-7-9-17-48(44)53(49)38-12-4-3-5-13-38/h3-18,20-34,42,45-46,49H,19H2,1-2H3/t34?,42?,45?,46-,49?/m0/s1. The van der Waals surface area contributed by atoms with Crippen LogP contribution in [0.3, 0.4) is 0 Å². The Morgan fingerprint density at radius 2 is 1.51 bits per heavy atom. The van der Waals surface area contributed by atoms with Crippen LogP contribution in [0.25, 0.3) is 11.1 Å². The van der Waals surface area contributed by atoms with Crippen LogP contribution < -0.4 is 9.80 Å². The summed E-state index contributed by atoms with van der Waals surface area (Å²) >= 11 is 0. The normalized spacial score (nSPS) is 24.2. The molecule has 5 aliphatic rings. The quantitative estimate of drug-likeness (QED) is 0.177. The molecule has 0 N–H and O–H groups in total. The van der Waals surface area contributed by atoms with Gasteiger partial charge in [-0.05, 0) is 106 Å². The molecule has 3 nitrogen and oxygen atoms in total. The Balaban J connectivity index is 0.982. The summed E-state index contributed by atoms with van der Waals surface area (Å²) in [6, 6.07) is 40.3. The summed E-state index contributed by atoms with van der Waals surface area (Å²) in [6.07, 6.45) is 28.5. The Kier molecular flexibility index (Phi) is 7.57. The third kappa shape index (κ3) is 5.29. The van der Waals surface area contributed by atoms with Crippen LogP contribution in [0.4, 0.5) is 22.7 Å². The molecule has 1 aliphatic heterocycles. The Hall–Kier alpha value is -5.93. The van der Waals surface area contributed by atoms with E-state index < -0.39 is 0 Å². The van der Waals surface area contributed by atoms with E-state index in [1.807, 2.05) is 18.5 Å². The van der Waals surface area contributed by atoms with Crippen molar-refractivity contribution in [3.63, 3.8) is 0 Å². The Bertz CT molecular complexity index is 2370. The van der Waals surface area contributed by atoms with Gasteiger partial charge in [-0.2, -0.15) is 0 Å². The molecule has 0 saturated heterocycles. The van der Waals surface area contributed by atoms with Crippen molar-refractivity contribution >= 4 is 22.7 Å². The van der Waals surface area contributed by atoms with E-state index >= 15 is 0 Å². The van der Waals surface area contributed by atoms with Gasteiger partial charge in [0.15, 0.2) is 0 Å². The van der Waals surface area contributed by atoms with Crippen molar-refractivity contribution in [3.05, 3.63) is 210 Å². The molecule has 10 rings (SSSR count). The number of benzene rings is 4. The van der Waals surface area contributed by atoms with Gasteiger partial charge < -0.3 is 9.80 Å². The smallest absolute Gasteiger partial charge is 0.0629 e. The predicted octanol–water partition coefficient (Wildman–Crippen LogP) is 12.3. The van der Waals surface area contributed by atoms with Crippen molar-refractivity contribution in [1.82, 2.24) is 4.98 Å². The zero-order valence-electron chi connectivity index (χ0n) is 30.3. The molecular weight excluding hydrogens is 643 g/mol. The molecule has 5 atom stereocenters. The monoisotopic (exact) mass is 685 g/mol. The molecule has 0 bridgehead atoms. The third-order valence-corrected chi connectivity index (χ3v) is 12.3. The highest BCUT2D eigenvalue weighted by Gasteiger charge is 2.45. The number of hydrogen-bond acceptors (Lipinski definition) is 3. The van der Waals surface area contributed by atoms with Crippen LogP contribution in [0, 0.1) is 11.8 Å². The maximum Gasteiger partial charge on any atom is 0.0629 e. The fourth-order valence-electron chi connectivity index (χ4n) is 9.62. The number of rotatable bonds is 6. The first-order valence-corrected chi connectivity index (χ1v) is 19.1. The van der Waals surface area contributed by atoms with E-state index in [0.717, 1.165) is 17.7 Å². The van der Waals surface area contributed by atoms with Gasteiger partial charge in [-0.1, -0.05) is 129 Å². The summed E-state index contributed by atoms with van der Waals surface area (Å²) in [7, 11) is 0. The van der Waals surface area contributed by atoms with E-state index in [1.165, 1.54) is 50.6 Å². The number of para-hydroxylation sites is 2. The van der Waals surface area contributed by atoms with Gasteiger partial charge >= 0.3 is 0 Å². The van der Waals surface area contributed by atoms with Crippen LogP contribution in [0.1, 0.15) is 48.8 Å². The molecule has 5 aromatic rings. The molecule has 0 amide bonds. The molecular formula is C50H43N3. The lowest BCUT2D eigenvalue weighted by Gasteiger charge is -2.33. The lowest BCUT2D eigenvalue weighted by molar-refractivity contribution is 0.394. The highest BCUT2D eigenvalue weighted by molar-refractivity contribution is 5.77. The average molecular weight is 686 g/mol. The highest BCUT2D eigenvalue weighted by atomic mass is 15.2. The first-order valence-electron chi connectivity index (χ1n) is 19.1. The SMILES string of the molecule is CC1(C)c2cc(N(C3=CCC(C4=CC5c6ccccc6N(c6ccccc6)C5C=C4)C=C3)c3ccc(-c4cccnc4)cc3)ccc2C2C=CC=C[C@@H]21. The number of fused-ring (bicyclic) bond motifs is 6. The molecule has 0 spiro atoms. The molecule has 3 heteroatoms. The number of nitrogens with zero attached hydrogens (tertiary/aromatic N) is 3. The lowest BCUT2D eigenvalue weighted by atomic mass is 9.74. The topological polar surface area (TPSA) is 19.4 Å². The fraction of sp³-hybridized carbons (Fsp3) is 0.180. The summed E-state index contributed by atoms with van der Waals surface area (Å²) in [5, 5.41) is 0. The van der Waals surface area contributed by atoms with Crippen LogP contribution in [0.5, 0.6) is 0 Å². The third-order valence-electron chi connectivity index (χ3n) is 12.3. The summed E-state index contributed by atoms with van der Waals surface area (Å²) in [4.78, 5) is 9.32. The number of anilines is 4. The van der Waals surface area contributed by atoms with Crippen LogP contribution in [0.2, 0.25) is 0 Å². The minimum Gasteiger partial charge on any atom is -0.333 e.